The number of rotatable bonds is 4. The quantitative estimate of drug-likeness (QED) is 0.903. The first kappa shape index (κ1) is 15.4. The van der Waals surface area contributed by atoms with E-state index in [1.165, 1.54) is 5.56 Å². The van der Waals surface area contributed by atoms with Crippen molar-refractivity contribution in [2.75, 3.05) is 18.4 Å². The number of halogens is 1. The third kappa shape index (κ3) is 4.27. The van der Waals surface area contributed by atoms with Gasteiger partial charge in [-0.3, -0.25) is 4.90 Å². The van der Waals surface area contributed by atoms with Crippen molar-refractivity contribution in [2.45, 2.75) is 32.4 Å². The van der Waals surface area contributed by atoms with E-state index in [1.807, 2.05) is 13.0 Å². The third-order valence-electron chi connectivity index (χ3n) is 4.06. The second kappa shape index (κ2) is 7.20. The summed E-state index contributed by atoms with van der Waals surface area (Å²) in [6.07, 6.45) is 3.93. The van der Waals surface area contributed by atoms with Gasteiger partial charge in [0.25, 0.3) is 0 Å². The monoisotopic (exact) mass is 360 g/mol. The molecule has 2 heterocycles. The summed E-state index contributed by atoms with van der Waals surface area (Å²) in [7, 11) is 0. The number of hydrogen-bond acceptors (Lipinski definition) is 4. The van der Waals surface area contributed by atoms with Crippen LogP contribution in [0.3, 0.4) is 0 Å². The average Bonchev–Trinajstić information content (AvgIpc) is 2.52. The first-order valence-corrected chi connectivity index (χ1v) is 8.50. The molecule has 3 rings (SSSR count). The number of piperidine rings is 1. The highest BCUT2D eigenvalue weighted by Gasteiger charge is 2.19. The summed E-state index contributed by atoms with van der Waals surface area (Å²) in [5.74, 6) is 0.943. The minimum absolute atomic E-state index is 0.510. The SMILES string of the molecule is Cc1cc(NC2CCN(Cc3ccc(Br)cc3)CC2)ncn1. The van der Waals surface area contributed by atoms with Crippen LogP contribution in [0.25, 0.3) is 0 Å². The van der Waals surface area contributed by atoms with Gasteiger partial charge in [-0.25, -0.2) is 9.97 Å². The van der Waals surface area contributed by atoms with Crippen LogP contribution in [-0.2, 0) is 6.54 Å². The van der Waals surface area contributed by atoms with Gasteiger partial charge in [0.15, 0.2) is 0 Å². The van der Waals surface area contributed by atoms with E-state index in [0.717, 1.165) is 48.5 Å². The molecule has 0 bridgehead atoms. The first-order chi connectivity index (χ1) is 10.7. The number of aryl methyl sites for hydroxylation is 1. The molecule has 0 unspecified atom stereocenters. The number of nitrogens with one attached hydrogen (secondary N) is 1. The molecule has 1 aromatic carbocycles. The molecule has 4 nitrogen and oxygen atoms in total. The Hall–Kier alpha value is -1.46. The Balaban J connectivity index is 1.49. The lowest BCUT2D eigenvalue weighted by Gasteiger charge is -2.32. The molecular weight excluding hydrogens is 340 g/mol. The van der Waals surface area contributed by atoms with Gasteiger partial charge in [0.05, 0.1) is 0 Å². The number of anilines is 1. The van der Waals surface area contributed by atoms with Gasteiger partial charge in [-0.15, -0.1) is 0 Å². The molecule has 5 heteroatoms. The Labute approximate surface area is 140 Å². The zero-order valence-corrected chi connectivity index (χ0v) is 14.4. The molecule has 0 atom stereocenters. The second-order valence-electron chi connectivity index (χ2n) is 5.87. The van der Waals surface area contributed by atoms with Gasteiger partial charge in [-0.05, 0) is 37.5 Å². The summed E-state index contributed by atoms with van der Waals surface area (Å²) in [6.45, 7) is 5.27. The van der Waals surface area contributed by atoms with Crippen molar-refractivity contribution in [3.8, 4) is 0 Å². The maximum Gasteiger partial charge on any atom is 0.129 e. The zero-order valence-electron chi connectivity index (χ0n) is 12.8. The van der Waals surface area contributed by atoms with E-state index in [9.17, 15) is 0 Å². The van der Waals surface area contributed by atoms with E-state index in [-0.39, 0.29) is 0 Å². The van der Waals surface area contributed by atoms with Crippen molar-refractivity contribution in [1.82, 2.24) is 14.9 Å². The topological polar surface area (TPSA) is 41.0 Å². The molecule has 0 saturated carbocycles. The lowest BCUT2D eigenvalue weighted by atomic mass is 10.0. The summed E-state index contributed by atoms with van der Waals surface area (Å²) >= 11 is 3.48. The Morgan fingerprint density at radius 2 is 1.91 bits per heavy atom. The van der Waals surface area contributed by atoms with E-state index in [4.69, 9.17) is 0 Å². The Morgan fingerprint density at radius 1 is 1.18 bits per heavy atom. The van der Waals surface area contributed by atoms with Crippen LogP contribution in [0.4, 0.5) is 5.82 Å². The van der Waals surface area contributed by atoms with E-state index in [2.05, 4.69) is 60.4 Å². The molecule has 0 spiro atoms. The molecule has 116 valence electrons. The number of aromatic nitrogens is 2. The van der Waals surface area contributed by atoms with Crippen molar-refractivity contribution < 1.29 is 0 Å². The van der Waals surface area contributed by atoms with E-state index in [1.54, 1.807) is 6.33 Å². The Bertz CT molecular complexity index is 606. The van der Waals surface area contributed by atoms with Crippen LogP contribution in [0.5, 0.6) is 0 Å². The van der Waals surface area contributed by atoms with E-state index >= 15 is 0 Å². The van der Waals surface area contributed by atoms with Crippen LogP contribution >= 0.6 is 15.9 Å². The van der Waals surface area contributed by atoms with Crippen LogP contribution in [0.2, 0.25) is 0 Å². The molecule has 1 N–H and O–H groups in total. The van der Waals surface area contributed by atoms with Crippen LogP contribution in [0, 0.1) is 6.92 Å². The molecule has 2 aromatic rings. The highest BCUT2D eigenvalue weighted by Crippen LogP contribution is 2.18. The van der Waals surface area contributed by atoms with Crippen molar-refractivity contribution in [3.05, 3.63) is 52.4 Å². The lowest BCUT2D eigenvalue weighted by Crippen LogP contribution is -2.38. The van der Waals surface area contributed by atoms with E-state index < -0.39 is 0 Å². The smallest absolute Gasteiger partial charge is 0.129 e. The van der Waals surface area contributed by atoms with Gasteiger partial charge >= 0.3 is 0 Å². The van der Waals surface area contributed by atoms with Gasteiger partial charge in [0.2, 0.25) is 0 Å². The van der Waals surface area contributed by atoms with Gasteiger partial charge < -0.3 is 5.32 Å². The summed E-state index contributed by atoms with van der Waals surface area (Å²) in [5, 5.41) is 3.53. The predicted molar refractivity (Wildman–Crippen MR) is 92.8 cm³/mol. The maximum absolute atomic E-state index is 4.29. The molecule has 1 aromatic heterocycles. The fourth-order valence-corrected chi connectivity index (χ4v) is 3.09. The van der Waals surface area contributed by atoms with Gasteiger partial charge in [-0.2, -0.15) is 0 Å². The minimum atomic E-state index is 0.510. The Morgan fingerprint density at radius 3 is 2.59 bits per heavy atom. The van der Waals surface area contributed by atoms with Crippen LogP contribution in [-0.4, -0.2) is 34.0 Å². The van der Waals surface area contributed by atoms with E-state index in [0.29, 0.717) is 6.04 Å². The summed E-state index contributed by atoms with van der Waals surface area (Å²) < 4.78 is 1.14. The van der Waals surface area contributed by atoms with Crippen LogP contribution < -0.4 is 5.32 Å². The van der Waals surface area contributed by atoms with Crippen LogP contribution in [0.1, 0.15) is 24.1 Å². The fraction of sp³-hybridized carbons (Fsp3) is 0.412. The fourth-order valence-electron chi connectivity index (χ4n) is 2.83. The molecule has 1 aliphatic heterocycles. The molecule has 0 aliphatic carbocycles. The van der Waals surface area contributed by atoms with Crippen LogP contribution in [0.15, 0.2) is 41.1 Å². The molecule has 22 heavy (non-hydrogen) atoms. The summed E-state index contributed by atoms with van der Waals surface area (Å²) in [6, 6.07) is 11.1. The average molecular weight is 361 g/mol. The van der Waals surface area contributed by atoms with Gasteiger partial charge in [-0.1, -0.05) is 28.1 Å². The molecule has 1 aliphatic rings. The van der Waals surface area contributed by atoms with Gasteiger partial charge in [0, 0.05) is 41.9 Å². The van der Waals surface area contributed by atoms with Gasteiger partial charge in [0.1, 0.15) is 12.1 Å². The van der Waals surface area contributed by atoms with Crippen molar-refractivity contribution in [3.63, 3.8) is 0 Å². The van der Waals surface area contributed by atoms with Crippen molar-refractivity contribution >= 4 is 21.7 Å². The molecule has 0 amide bonds. The lowest BCUT2D eigenvalue weighted by molar-refractivity contribution is 0.211. The predicted octanol–water partition coefficient (Wildman–Crippen LogP) is 3.62. The largest absolute Gasteiger partial charge is 0.367 e. The maximum atomic E-state index is 4.29. The van der Waals surface area contributed by atoms with Crippen molar-refractivity contribution in [2.24, 2.45) is 0 Å². The molecule has 1 fully saturated rings. The summed E-state index contributed by atoms with van der Waals surface area (Å²) in [5.41, 5.74) is 2.38. The zero-order chi connectivity index (χ0) is 15.4. The standard InChI is InChI=1S/C17H21BrN4/c1-13-10-17(20-12-19-13)21-16-6-8-22(9-7-16)11-14-2-4-15(18)5-3-14/h2-5,10,12,16H,6-9,11H2,1H3,(H,19,20,21). The Kier molecular flexibility index (Phi) is 5.05. The highest BCUT2D eigenvalue weighted by molar-refractivity contribution is 9.10. The van der Waals surface area contributed by atoms with Crippen molar-refractivity contribution in [1.29, 1.82) is 0 Å². The highest BCUT2D eigenvalue weighted by atomic mass is 79.9. The minimum Gasteiger partial charge on any atom is -0.367 e. The normalized spacial score (nSPS) is 16.6. The number of nitrogens with zero attached hydrogens (tertiary/aromatic N) is 3. The molecule has 1 saturated heterocycles. The summed E-state index contributed by atoms with van der Waals surface area (Å²) in [4.78, 5) is 10.9. The molecular formula is C17H21BrN4. The first-order valence-electron chi connectivity index (χ1n) is 7.71. The third-order valence-corrected chi connectivity index (χ3v) is 4.59. The second-order valence-corrected chi connectivity index (χ2v) is 6.78. The number of hydrogen-bond donors (Lipinski definition) is 1. The number of likely N-dealkylation sites (tertiary alicyclic amines) is 1. The number of benzene rings is 1. The molecule has 0 radical (unpaired) electrons.